The number of nitrogens with zero attached hydrogens (tertiary/aromatic N) is 3. The van der Waals surface area contributed by atoms with Crippen molar-refractivity contribution >= 4 is 34.7 Å². The molecule has 5 nitrogen and oxygen atoms in total. The molecule has 0 bridgehead atoms. The molecule has 0 aliphatic heterocycles. The van der Waals surface area contributed by atoms with Gasteiger partial charge in [-0.25, -0.2) is 9.50 Å². The van der Waals surface area contributed by atoms with Crippen LogP contribution in [0.5, 0.6) is 0 Å². The lowest BCUT2D eigenvalue weighted by Crippen LogP contribution is -2.15. The minimum absolute atomic E-state index is 0.486. The fraction of sp³-hybridized carbons (Fsp3) is 0.312. The third-order valence-corrected chi connectivity index (χ3v) is 6.04. The number of aryl methyl sites for hydroxylation is 1. The first-order chi connectivity index (χ1) is 11.1. The van der Waals surface area contributed by atoms with Crippen molar-refractivity contribution in [3.63, 3.8) is 0 Å². The molecule has 0 fully saturated rings. The Hall–Kier alpha value is -1.86. The first-order valence-electron chi connectivity index (χ1n) is 7.45. The van der Waals surface area contributed by atoms with Crippen molar-refractivity contribution in [2.75, 3.05) is 0 Å². The highest BCUT2D eigenvalue weighted by molar-refractivity contribution is 8.00. The zero-order valence-electron chi connectivity index (χ0n) is 12.9. The van der Waals surface area contributed by atoms with E-state index in [4.69, 9.17) is 0 Å². The summed E-state index contributed by atoms with van der Waals surface area (Å²) in [5, 5.41) is 14.0. The Labute approximate surface area is 142 Å². The number of thiophene rings is 1. The van der Waals surface area contributed by atoms with Crippen molar-refractivity contribution in [2.45, 2.75) is 37.0 Å². The predicted molar refractivity (Wildman–Crippen MR) is 93.2 cm³/mol. The van der Waals surface area contributed by atoms with Gasteiger partial charge in [-0.05, 0) is 37.1 Å². The maximum atomic E-state index is 11.2. The van der Waals surface area contributed by atoms with Crippen molar-refractivity contribution in [3.05, 3.63) is 35.3 Å². The van der Waals surface area contributed by atoms with E-state index in [0.29, 0.717) is 11.4 Å². The van der Waals surface area contributed by atoms with Crippen molar-refractivity contribution in [1.82, 2.24) is 14.6 Å². The van der Waals surface area contributed by atoms with Crippen molar-refractivity contribution < 1.29 is 9.90 Å². The summed E-state index contributed by atoms with van der Waals surface area (Å²) in [4.78, 5) is 18.0. The number of hydrogen-bond donors (Lipinski definition) is 1. The second-order valence-electron chi connectivity index (χ2n) is 5.06. The minimum Gasteiger partial charge on any atom is -0.480 e. The lowest BCUT2D eigenvalue weighted by Gasteiger charge is -2.08. The van der Waals surface area contributed by atoms with E-state index in [1.165, 1.54) is 16.6 Å². The van der Waals surface area contributed by atoms with Gasteiger partial charge >= 0.3 is 5.97 Å². The zero-order valence-corrected chi connectivity index (χ0v) is 14.5. The lowest BCUT2D eigenvalue weighted by molar-refractivity contribution is -0.136. The quantitative estimate of drug-likeness (QED) is 0.683. The molecule has 0 aromatic carbocycles. The van der Waals surface area contributed by atoms with Crippen LogP contribution in [0.15, 0.2) is 35.5 Å². The van der Waals surface area contributed by atoms with Crippen molar-refractivity contribution in [1.29, 1.82) is 0 Å². The van der Waals surface area contributed by atoms with Gasteiger partial charge in [-0.3, -0.25) is 4.79 Å². The van der Waals surface area contributed by atoms with Gasteiger partial charge in [0.15, 0.2) is 5.65 Å². The second-order valence-corrected chi connectivity index (χ2v) is 7.45. The van der Waals surface area contributed by atoms with Crippen LogP contribution in [0.4, 0.5) is 0 Å². The first kappa shape index (κ1) is 16.0. The summed E-state index contributed by atoms with van der Waals surface area (Å²) in [5.74, 6) is -0.809. The molecule has 23 heavy (non-hydrogen) atoms. The molecule has 120 valence electrons. The van der Waals surface area contributed by atoms with Gasteiger partial charge in [-0.2, -0.15) is 5.10 Å². The van der Waals surface area contributed by atoms with Crippen LogP contribution < -0.4 is 0 Å². The summed E-state index contributed by atoms with van der Waals surface area (Å²) in [6, 6.07) is 7.91. The van der Waals surface area contributed by atoms with E-state index in [0.717, 1.165) is 22.6 Å². The molecule has 7 heteroatoms. The fourth-order valence-electron chi connectivity index (χ4n) is 2.25. The van der Waals surface area contributed by atoms with Crippen molar-refractivity contribution in [2.24, 2.45) is 0 Å². The second kappa shape index (κ2) is 6.72. The minimum atomic E-state index is -0.809. The summed E-state index contributed by atoms with van der Waals surface area (Å²) < 4.78 is 1.79. The van der Waals surface area contributed by atoms with E-state index < -0.39 is 11.2 Å². The Morgan fingerprint density at radius 1 is 1.35 bits per heavy atom. The normalized spacial score (nSPS) is 12.6. The van der Waals surface area contributed by atoms with Gasteiger partial charge in [0.1, 0.15) is 16.0 Å². The molecule has 0 saturated heterocycles. The van der Waals surface area contributed by atoms with Gasteiger partial charge in [0.2, 0.25) is 0 Å². The van der Waals surface area contributed by atoms with Gasteiger partial charge < -0.3 is 5.11 Å². The van der Waals surface area contributed by atoms with Crippen LogP contribution in [0, 0.1) is 0 Å². The Morgan fingerprint density at radius 2 is 2.17 bits per heavy atom. The summed E-state index contributed by atoms with van der Waals surface area (Å²) in [7, 11) is 0. The van der Waals surface area contributed by atoms with Crippen LogP contribution in [-0.4, -0.2) is 30.9 Å². The standard InChI is InChI=1S/C16H17N3O2S2/c1-3-10-5-6-13(22-10)11-9-17-14-7-8-15(18-19(11)14)23-12(4-2)16(20)21/h5-9,12H,3-4H2,1-2H3,(H,20,21). The Balaban J connectivity index is 1.98. The van der Waals surface area contributed by atoms with Crippen LogP contribution in [0.25, 0.3) is 16.2 Å². The van der Waals surface area contributed by atoms with Crippen LogP contribution >= 0.6 is 23.1 Å². The summed E-state index contributed by atoms with van der Waals surface area (Å²) in [5.41, 5.74) is 1.70. The van der Waals surface area contributed by atoms with E-state index in [1.807, 2.05) is 25.3 Å². The van der Waals surface area contributed by atoms with E-state index in [1.54, 1.807) is 15.9 Å². The number of thioether (sulfide) groups is 1. The predicted octanol–water partition coefficient (Wildman–Crippen LogP) is 3.98. The van der Waals surface area contributed by atoms with Gasteiger partial charge in [-0.15, -0.1) is 11.3 Å². The molecule has 1 N–H and O–H groups in total. The van der Waals surface area contributed by atoms with Gasteiger partial charge in [0.25, 0.3) is 0 Å². The number of hydrogen-bond acceptors (Lipinski definition) is 5. The van der Waals surface area contributed by atoms with E-state index >= 15 is 0 Å². The van der Waals surface area contributed by atoms with Crippen LogP contribution in [0.3, 0.4) is 0 Å². The number of fused-ring (bicyclic) bond motifs is 1. The van der Waals surface area contributed by atoms with Crippen LogP contribution in [0.1, 0.15) is 25.1 Å². The molecule has 3 heterocycles. The third kappa shape index (κ3) is 3.25. The largest absolute Gasteiger partial charge is 0.480 e. The SMILES string of the molecule is CCc1ccc(-c2cnc3ccc(SC(CC)C(=O)O)nn23)s1. The molecule has 0 spiro atoms. The Kier molecular flexibility index (Phi) is 4.68. The molecular formula is C16H17N3O2S2. The molecule has 0 radical (unpaired) electrons. The van der Waals surface area contributed by atoms with E-state index in [9.17, 15) is 9.90 Å². The van der Waals surface area contributed by atoms with Gasteiger partial charge in [0, 0.05) is 4.88 Å². The zero-order chi connectivity index (χ0) is 16.4. The van der Waals surface area contributed by atoms with E-state index in [2.05, 4.69) is 29.1 Å². The molecule has 0 aliphatic carbocycles. The molecule has 0 aliphatic rings. The smallest absolute Gasteiger partial charge is 0.317 e. The molecule has 0 saturated carbocycles. The number of rotatable bonds is 6. The number of imidazole rings is 1. The molecule has 3 rings (SSSR count). The first-order valence-corrected chi connectivity index (χ1v) is 9.15. The summed E-state index contributed by atoms with van der Waals surface area (Å²) in [6.07, 6.45) is 3.38. The van der Waals surface area contributed by atoms with Crippen molar-refractivity contribution in [3.8, 4) is 10.6 Å². The summed E-state index contributed by atoms with van der Waals surface area (Å²) in [6.45, 7) is 4.00. The molecule has 0 amide bonds. The Bertz CT molecular complexity index is 841. The average molecular weight is 347 g/mol. The monoisotopic (exact) mass is 347 g/mol. The average Bonchev–Trinajstić information content (AvgIpc) is 3.17. The van der Waals surface area contributed by atoms with Crippen LogP contribution in [0.2, 0.25) is 0 Å². The maximum Gasteiger partial charge on any atom is 0.317 e. The highest BCUT2D eigenvalue weighted by atomic mass is 32.2. The topological polar surface area (TPSA) is 67.5 Å². The fourth-order valence-corrected chi connectivity index (χ4v) is 4.02. The number of aromatic nitrogens is 3. The third-order valence-electron chi connectivity index (χ3n) is 3.51. The van der Waals surface area contributed by atoms with Gasteiger partial charge in [0.05, 0.1) is 11.1 Å². The number of carboxylic acid groups (broad SMARTS) is 1. The number of carbonyl (C=O) groups is 1. The number of carboxylic acids is 1. The molecule has 3 aromatic rings. The molecule has 1 atom stereocenters. The lowest BCUT2D eigenvalue weighted by atomic mass is 10.3. The highest BCUT2D eigenvalue weighted by Gasteiger charge is 2.18. The van der Waals surface area contributed by atoms with Gasteiger partial charge in [-0.1, -0.05) is 25.6 Å². The summed E-state index contributed by atoms with van der Waals surface area (Å²) >= 11 is 3.01. The maximum absolute atomic E-state index is 11.2. The number of aliphatic carboxylic acids is 1. The molecule has 3 aromatic heterocycles. The molecule has 1 unspecified atom stereocenters. The van der Waals surface area contributed by atoms with E-state index in [-0.39, 0.29) is 0 Å². The molecular weight excluding hydrogens is 330 g/mol. The van der Waals surface area contributed by atoms with Crippen LogP contribution in [-0.2, 0) is 11.2 Å². The Morgan fingerprint density at radius 3 is 2.83 bits per heavy atom. The highest BCUT2D eigenvalue weighted by Crippen LogP contribution is 2.30.